The first-order valence-electron chi connectivity index (χ1n) is 7.67. The third-order valence-electron chi connectivity index (χ3n) is 3.68. The monoisotopic (exact) mass is 333 g/mol. The maximum atomic E-state index is 6.16. The Kier molecular flexibility index (Phi) is 3.66. The van der Waals surface area contributed by atoms with Gasteiger partial charge in [-0.2, -0.15) is 4.98 Å². The Labute approximate surface area is 143 Å². The molecule has 0 aliphatic rings. The van der Waals surface area contributed by atoms with E-state index in [1.165, 1.54) is 6.33 Å². The van der Waals surface area contributed by atoms with Crippen LogP contribution in [0.2, 0.25) is 0 Å². The van der Waals surface area contributed by atoms with Gasteiger partial charge in [-0.3, -0.25) is 0 Å². The van der Waals surface area contributed by atoms with Gasteiger partial charge in [-0.1, -0.05) is 41.6 Å². The van der Waals surface area contributed by atoms with Crippen molar-refractivity contribution < 1.29 is 9.26 Å². The highest BCUT2D eigenvalue weighted by Crippen LogP contribution is 2.34. The number of nitrogen functional groups attached to an aromatic ring is 1. The Morgan fingerprint density at radius 3 is 2.76 bits per heavy atom. The first kappa shape index (κ1) is 14.9. The summed E-state index contributed by atoms with van der Waals surface area (Å²) in [4.78, 5) is 8.28. The number of anilines is 3. The molecule has 0 saturated carbocycles. The zero-order valence-corrected chi connectivity index (χ0v) is 13.4. The Hall–Kier alpha value is -3.61. The first-order valence-corrected chi connectivity index (χ1v) is 7.67. The van der Waals surface area contributed by atoms with Crippen LogP contribution in [0.3, 0.4) is 0 Å². The smallest absolute Gasteiger partial charge is 0.248 e. The molecule has 7 nitrogen and oxygen atoms in total. The second kappa shape index (κ2) is 6.12. The summed E-state index contributed by atoms with van der Waals surface area (Å²) in [6.07, 6.45) is 1.38. The van der Waals surface area contributed by atoms with E-state index in [1.807, 2.05) is 42.5 Å². The quantitative estimate of drug-likeness (QED) is 0.581. The van der Waals surface area contributed by atoms with Gasteiger partial charge in [0.25, 0.3) is 0 Å². The molecular weight excluding hydrogens is 318 g/mol. The van der Waals surface area contributed by atoms with Gasteiger partial charge in [-0.25, -0.2) is 4.98 Å². The van der Waals surface area contributed by atoms with Gasteiger partial charge in [-0.05, 0) is 18.4 Å². The van der Waals surface area contributed by atoms with Crippen LogP contribution in [0.5, 0.6) is 11.6 Å². The van der Waals surface area contributed by atoms with Crippen LogP contribution >= 0.6 is 0 Å². The number of fused-ring (bicyclic) bond motifs is 1. The van der Waals surface area contributed by atoms with Gasteiger partial charge >= 0.3 is 0 Å². The van der Waals surface area contributed by atoms with E-state index in [1.54, 1.807) is 13.0 Å². The molecule has 0 aliphatic carbocycles. The molecule has 124 valence electrons. The number of hydrogen-bond acceptors (Lipinski definition) is 7. The number of nitrogens with two attached hydrogens (primary N) is 1. The number of hydrogen-bond donors (Lipinski definition) is 2. The van der Waals surface area contributed by atoms with Crippen molar-refractivity contribution in [2.45, 2.75) is 6.92 Å². The average Bonchev–Trinajstić information content (AvgIpc) is 3.04. The van der Waals surface area contributed by atoms with Crippen molar-refractivity contribution in [1.29, 1.82) is 0 Å². The number of aryl methyl sites for hydroxylation is 1. The molecule has 0 bridgehead atoms. The van der Waals surface area contributed by atoms with Gasteiger partial charge in [0, 0.05) is 11.5 Å². The molecule has 0 aliphatic heterocycles. The lowest BCUT2D eigenvalue weighted by atomic mass is 10.1. The zero-order chi connectivity index (χ0) is 17.2. The minimum atomic E-state index is 0.272. The van der Waals surface area contributed by atoms with Crippen LogP contribution in [0.15, 0.2) is 59.4 Å². The SMILES string of the molecule is Cc1cc(Nc2ncnc(Oc3cccc4ccccc34)c2N)no1. The molecule has 4 rings (SSSR count). The molecular formula is C18H15N5O2. The predicted molar refractivity (Wildman–Crippen MR) is 95.0 cm³/mol. The summed E-state index contributed by atoms with van der Waals surface area (Å²) in [5.41, 5.74) is 6.45. The molecule has 3 N–H and O–H groups in total. The minimum Gasteiger partial charge on any atom is -0.436 e. The van der Waals surface area contributed by atoms with E-state index in [2.05, 4.69) is 20.4 Å². The van der Waals surface area contributed by atoms with Gasteiger partial charge < -0.3 is 20.3 Å². The highest BCUT2D eigenvalue weighted by atomic mass is 16.5. The van der Waals surface area contributed by atoms with Crippen molar-refractivity contribution in [3.8, 4) is 11.6 Å². The van der Waals surface area contributed by atoms with Crippen molar-refractivity contribution >= 4 is 28.1 Å². The fourth-order valence-corrected chi connectivity index (χ4v) is 2.50. The van der Waals surface area contributed by atoms with Crippen molar-refractivity contribution in [2.24, 2.45) is 0 Å². The summed E-state index contributed by atoms with van der Waals surface area (Å²) in [6.45, 7) is 1.80. The molecule has 0 fully saturated rings. The molecule has 0 atom stereocenters. The average molecular weight is 333 g/mol. The number of nitrogens with one attached hydrogen (secondary N) is 1. The minimum absolute atomic E-state index is 0.272. The lowest BCUT2D eigenvalue weighted by Crippen LogP contribution is -2.03. The van der Waals surface area contributed by atoms with Crippen molar-refractivity contribution in [3.63, 3.8) is 0 Å². The maximum Gasteiger partial charge on any atom is 0.248 e. The second-order valence-electron chi connectivity index (χ2n) is 5.47. The lowest BCUT2D eigenvalue weighted by molar-refractivity contribution is 0.400. The lowest BCUT2D eigenvalue weighted by Gasteiger charge is -2.12. The van der Waals surface area contributed by atoms with Crippen LogP contribution in [0.4, 0.5) is 17.3 Å². The van der Waals surface area contributed by atoms with Gasteiger partial charge in [-0.15, -0.1) is 0 Å². The molecule has 0 amide bonds. The zero-order valence-electron chi connectivity index (χ0n) is 13.4. The highest BCUT2D eigenvalue weighted by Gasteiger charge is 2.13. The molecule has 7 heteroatoms. The van der Waals surface area contributed by atoms with E-state index in [0.717, 1.165) is 10.8 Å². The molecule has 0 radical (unpaired) electrons. The van der Waals surface area contributed by atoms with Gasteiger partial charge in [0.15, 0.2) is 11.6 Å². The van der Waals surface area contributed by atoms with Gasteiger partial charge in [0.1, 0.15) is 23.5 Å². The molecule has 0 spiro atoms. The number of aromatic nitrogens is 3. The summed E-state index contributed by atoms with van der Waals surface area (Å²) in [7, 11) is 0. The molecule has 0 saturated heterocycles. The standard InChI is InChI=1S/C18H15N5O2/c1-11-9-15(23-25-11)22-17-16(19)18(21-10-20-17)24-14-8-4-6-12-5-2-3-7-13(12)14/h2-10H,19H2,1H3,(H,20,21,22,23). The third-order valence-corrected chi connectivity index (χ3v) is 3.68. The Morgan fingerprint density at radius 1 is 1.08 bits per heavy atom. The van der Waals surface area contributed by atoms with Gasteiger partial charge in [0.05, 0.1) is 0 Å². The Morgan fingerprint density at radius 2 is 1.92 bits per heavy atom. The van der Waals surface area contributed by atoms with E-state index in [0.29, 0.717) is 23.1 Å². The van der Waals surface area contributed by atoms with Crippen LogP contribution in [-0.4, -0.2) is 15.1 Å². The van der Waals surface area contributed by atoms with Crippen LogP contribution in [0.25, 0.3) is 10.8 Å². The largest absolute Gasteiger partial charge is 0.436 e. The van der Waals surface area contributed by atoms with Crippen LogP contribution in [-0.2, 0) is 0 Å². The van der Waals surface area contributed by atoms with Gasteiger partial charge in [0.2, 0.25) is 5.88 Å². The second-order valence-corrected chi connectivity index (χ2v) is 5.47. The Bertz CT molecular complexity index is 1040. The predicted octanol–water partition coefficient (Wildman–Crippen LogP) is 4.04. The first-order chi connectivity index (χ1) is 12.2. The maximum absolute atomic E-state index is 6.16. The van der Waals surface area contributed by atoms with Crippen LogP contribution < -0.4 is 15.8 Å². The molecule has 2 heterocycles. The van der Waals surface area contributed by atoms with E-state index in [-0.39, 0.29) is 11.6 Å². The fraction of sp³-hybridized carbons (Fsp3) is 0.0556. The van der Waals surface area contributed by atoms with E-state index in [4.69, 9.17) is 15.0 Å². The van der Waals surface area contributed by atoms with Crippen molar-refractivity contribution in [2.75, 3.05) is 11.1 Å². The molecule has 2 aromatic carbocycles. The van der Waals surface area contributed by atoms with Crippen LogP contribution in [0.1, 0.15) is 5.76 Å². The number of rotatable bonds is 4. The normalized spacial score (nSPS) is 10.8. The van der Waals surface area contributed by atoms with Crippen molar-refractivity contribution in [1.82, 2.24) is 15.1 Å². The van der Waals surface area contributed by atoms with E-state index in [9.17, 15) is 0 Å². The van der Waals surface area contributed by atoms with Crippen LogP contribution in [0, 0.1) is 6.92 Å². The number of benzene rings is 2. The van der Waals surface area contributed by atoms with Crippen molar-refractivity contribution in [3.05, 3.63) is 60.6 Å². The number of ether oxygens (including phenoxy) is 1. The summed E-state index contributed by atoms with van der Waals surface area (Å²) < 4.78 is 11.0. The molecule has 25 heavy (non-hydrogen) atoms. The highest BCUT2D eigenvalue weighted by molar-refractivity contribution is 5.88. The summed E-state index contributed by atoms with van der Waals surface area (Å²) >= 11 is 0. The van der Waals surface area contributed by atoms with E-state index >= 15 is 0 Å². The number of nitrogens with zero attached hydrogens (tertiary/aromatic N) is 3. The van der Waals surface area contributed by atoms with E-state index < -0.39 is 0 Å². The summed E-state index contributed by atoms with van der Waals surface area (Å²) in [6, 6.07) is 15.5. The molecule has 4 aromatic rings. The third kappa shape index (κ3) is 2.94. The summed E-state index contributed by atoms with van der Waals surface area (Å²) in [5.74, 6) is 2.54. The molecule has 0 unspecified atom stereocenters. The topological polar surface area (TPSA) is 99.1 Å². The summed E-state index contributed by atoms with van der Waals surface area (Å²) in [5, 5.41) is 8.91. The Balaban J connectivity index is 1.67. The fourth-order valence-electron chi connectivity index (χ4n) is 2.50. The molecule has 2 aromatic heterocycles.